The molecule has 13 nitrogen and oxygen atoms in total. The van der Waals surface area contributed by atoms with Gasteiger partial charge in [-0.25, -0.2) is 26.7 Å². The average molecular weight is 669 g/mol. The number of ether oxygens (including phenoxy) is 2. The Morgan fingerprint density at radius 3 is 2.49 bits per heavy atom. The normalized spacial score (nSPS) is 17.0. The largest absolute Gasteiger partial charge is 0.461 e. The number of sulfonamides is 1. The first-order valence-electron chi connectivity index (χ1n) is 14.8. The van der Waals surface area contributed by atoms with Crippen LogP contribution in [0.15, 0.2) is 71.6 Å². The number of benzene rings is 3. The van der Waals surface area contributed by atoms with Crippen LogP contribution in [-0.2, 0) is 14.8 Å². The number of nitro benzene ring substituents is 1. The van der Waals surface area contributed by atoms with E-state index >= 15 is 0 Å². The molecular formula is C31H30F2N6O7S. The molecule has 16 heteroatoms. The Kier molecular flexibility index (Phi) is 8.90. The third kappa shape index (κ3) is 6.26. The van der Waals surface area contributed by atoms with Gasteiger partial charge in [-0.1, -0.05) is 12.1 Å². The molecule has 0 saturated carbocycles. The van der Waals surface area contributed by atoms with Gasteiger partial charge in [0.2, 0.25) is 10.0 Å². The number of anilines is 1. The number of carbonyl (C=O) groups excluding carboxylic acids is 1. The van der Waals surface area contributed by atoms with Crippen molar-refractivity contribution in [3.05, 3.63) is 99.9 Å². The van der Waals surface area contributed by atoms with E-state index in [2.05, 4.69) is 10.2 Å². The van der Waals surface area contributed by atoms with Crippen molar-refractivity contribution >= 4 is 27.4 Å². The van der Waals surface area contributed by atoms with Crippen LogP contribution in [0.25, 0.3) is 5.69 Å². The number of aromatic nitrogens is 2. The van der Waals surface area contributed by atoms with Crippen LogP contribution in [0.1, 0.15) is 35.6 Å². The van der Waals surface area contributed by atoms with Crippen molar-refractivity contribution < 1.29 is 36.4 Å². The van der Waals surface area contributed by atoms with Crippen LogP contribution in [0.2, 0.25) is 0 Å². The lowest BCUT2D eigenvalue weighted by Crippen LogP contribution is -2.50. The lowest BCUT2D eigenvalue weighted by molar-refractivity contribution is -0.387. The van der Waals surface area contributed by atoms with E-state index in [9.17, 15) is 32.1 Å². The number of para-hydroxylation sites is 1. The molecule has 0 unspecified atom stereocenters. The molecule has 0 radical (unpaired) electrons. The number of hydrogen-bond acceptors (Lipinski definition) is 10. The van der Waals surface area contributed by atoms with Crippen molar-refractivity contribution in [1.29, 1.82) is 0 Å². The molecule has 4 aromatic rings. The Bertz CT molecular complexity index is 1930. The molecule has 0 amide bonds. The van der Waals surface area contributed by atoms with E-state index in [4.69, 9.17) is 14.6 Å². The van der Waals surface area contributed by atoms with Crippen LogP contribution in [0.5, 0.6) is 11.5 Å². The molecule has 6 rings (SSSR count). The van der Waals surface area contributed by atoms with Gasteiger partial charge in [0.1, 0.15) is 17.3 Å². The van der Waals surface area contributed by atoms with Crippen LogP contribution < -0.4 is 10.1 Å². The molecule has 1 saturated heterocycles. The summed E-state index contributed by atoms with van der Waals surface area (Å²) in [5, 5.41) is 19.6. The van der Waals surface area contributed by atoms with Crippen molar-refractivity contribution in [2.45, 2.75) is 24.3 Å². The predicted octanol–water partition coefficient (Wildman–Crippen LogP) is 4.89. The molecular weight excluding hydrogens is 638 g/mol. The second-order valence-corrected chi connectivity index (χ2v) is 12.7. The third-order valence-electron chi connectivity index (χ3n) is 8.01. The first kappa shape index (κ1) is 32.0. The van der Waals surface area contributed by atoms with E-state index in [1.165, 1.54) is 45.4 Å². The molecule has 1 aromatic heterocycles. The quantitative estimate of drug-likeness (QED) is 0.148. The Balaban J connectivity index is 1.26. The van der Waals surface area contributed by atoms with Crippen molar-refractivity contribution in [2.75, 3.05) is 44.6 Å². The molecule has 0 bridgehead atoms. The smallest absolute Gasteiger partial charge is 0.359 e. The summed E-state index contributed by atoms with van der Waals surface area (Å²) >= 11 is 0. The number of halogens is 2. The second-order valence-electron chi connectivity index (χ2n) is 10.8. The first-order valence-corrected chi connectivity index (χ1v) is 16.3. The Hall–Kier alpha value is -4.93. The van der Waals surface area contributed by atoms with Gasteiger partial charge in [-0.15, -0.1) is 0 Å². The maximum absolute atomic E-state index is 14.1. The number of carbonyl (C=O) groups is 1. The molecule has 3 heterocycles. The molecule has 246 valence electrons. The highest BCUT2D eigenvalue weighted by Crippen LogP contribution is 2.39. The summed E-state index contributed by atoms with van der Waals surface area (Å²) in [6.45, 7) is 3.19. The number of rotatable bonds is 9. The number of nitrogens with one attached hydrogen (secondary N) is 1. The molecule has 1 atom stereocenters. The predicted molar refractivity (Wildman–Crippen MR) is 165 cm³/mol. The van der Waals surface area contributed by atoms with E-state index in [1.54, 1.807) is 19.1 Å². The fourth-order valence-electron chi connectivity index (χ4n) is 5.80. The van der Waals surface area contributed by atoms with Crippen LogP contribution in [-0.4, -0.2) is 77.6 Å². The maximum Gasteiger partial charge on any atom is 0.359 e. The van der Waals surface area contributed by atoms with Crippen molar-refractivity contribution in [3.63, 3.8) is 0 Å². The molecule has 2 aliphatic heterocycles. The van der Waals surface area contributed by atoms with E-state index in [0.29, 0.717) is 43.1 Å². The average Bonchev–Trinajstić information content (AvgIpc) is 3.47. The standard InChI is InChI=1S/C31H30F2N6O7S/c1-2-45-31(40)30-29-28(35-38(30)21-8-10-22(11-9-21)46-26-19-20(32)7-12-23(26)33)25(13-14-34-29)36-15-17-37(18-16-36)47(43,44)27-6-4-3-5-24(27)39(41)42/h3-12,19,25,34H,2,13-18H2,1H3/t25-/m1/s1. The molecule has 1 fully saturated rings. The summed E-state index contributed by atoms with van der Waals surface area (Å²) in [6.07, 6.45) is 0.620. The lowest BCUT2D eigenvalue weighted by atomic mass is 10.0. The van der Waals surface area contributed by atoms with Crippen molar-refractivity contribution in [2.24, 2.45) is 0 Å². The number of nitrogens with zero attached hydrogens (tertiary/aromatic N) is 5. The van der Waals surface area contributed by atoms with Gasteiger partial charge in [-0.05, 0) is 55.8 Å². The highest BCUT2D eigenvalue weighted by molar-refractivity contribution is 7.89. The minimum absolute atomic E-state index is 0.104. The lowest BCUT2D eigenvalue weighted by Gasteiger charge is -2.39. The van der Waals surface area contributed by atoms with Gasteiger partial charge < -0.3 is 14.8 Å². The third-order valence-corrected chi connectivity index (χ3v) is 9.96. The second kappa shape index (κ2) is 13.1. The minimum Gasteiger partial charge on any atom is -0.461 e. The number of hydrogen-bond donors (Lipinski definition) is 1. The zero-order valence-electron chi connectivity index (χ0n) is 25.1. The highest BCUT2D eigenvalue weighted by atomic mass is 32.2. The van der Waals surface area contributed by atoms with Gasteiger partial charge in [0.25, 0.3) is 5.69 Å². The van der Waals surface area contributed by atoms with Crippen molar-refractivity contribution in [1.82, 2.24) is 19.0 Å². The topological polar surface area (TPSA) is 149 Å². The molecule has 0 aliphatic carbocycles. The van der Waals surface area contributed by atoms with Crippen molar-refractivity contribution in [3.8, 4) is 17.2 Å². The van der Waals surface area contributed by atoms with Gasteiger partial charge in [0.05, 0.1) is 28.9 Å². The van der Waals surface area contributed by atoms with E-state index in [1.807, 2.05) is 0 Å². The minimum atomic E-state index is -4.11. The molecule has 47 heavy (non-hydrogen) atoms. The molecule has 1 N–H and O–H groups in total. The molecule has 3 aromatic carbocycles. The van der Waals surface area contributed by atoms with Crippen LogP contribution in [0, 0.1) is 21.7 Å². The van der Waals surface area contributed by atoms with E-state index in [0.717, 1.165) is 18.2 Å². The van der Waals surface area contributed by atoms with E-state index < -0.39 is 38.2 Å². The van der Waals surface area contributed by atoms with Crippen LogP contribution in [0.3, 0.4) is 0 Å². The van der Waals surface area contributed by atoms with Gasteiger partial charge in [0, 0.05) is 44.9 Å². The number of nitro groups is 1. The zero-order valence-corrected chi connectivity index (χ0v) is 26.0. The number of piperazine rings is 1. The summed E-state index contributed by atoms with van der Waals surface area (Å²) < 4.78 is 68.1. The Morgan fingerprint density at radius 2 is 1.79 bits per heavy atom. The molecule has 2 aliphatic rings. The van der Waals surface area contributed by atoms with Crippen LogP contribution >= 0.6 is 0 Å². The summed E-state index contributed by atoms with van der Waals surface area (Å²) in [4.78, 5) is 25.8. The van der Waals surface area contributed by atoms with Gasteiger partial charge in [-0.2, -0.15) is 9.40 Å². The SMILES string of the molecule is CCOC(=O)c1c2c(nn1-c1ccc(Oc3cc(F)ccc3F)cc1)[C@H](N1CCN(S(=O)(=O)c3ccccc3[N+](=O)[O-])CC1)CCN2. The highest BCUT2D eigenvalue weighted by Gasteiger charge is 2.39. The Labute approximate surface area is 268 Å². The number of esters is 1. The molecule has 0 spiro atoms. The fraction of sp³-hybridized carbons (Fsp3) is 0.290. The summed E-state index contributed by atoms with van der Waals surface area (Å²) in [5.74, 6) is -2.02. The fourth-order valence-corrected chi connectivity index (χ4v) is 7.38. The van der Waals surface area contributed by atoms with Crippen LogP contribution in [0.4, 0.5) is 20.2 Å². The summed E-state index contributed by atoms with van der Waals surface area (Å²) in [5.41, 5.74) is 1.26. The summed E-state index contributed by atoms with van der Waals surface area (Å²) in [7, 11) is -4.11. The van der Waals surface area contributed by atoms with Gasteiger partial charge >= 0.3 is 5.97 Å². The number of fused-ring (bicyclic) bond motifs is 1. The first-order chi connectivity index (χ1) is 22.6. The monoisotopic (exact) mass is 668 g/mol. The summed E-state index contributed by atoms with van der Waals surface area (Å²) in [6, 6.07) is 14.2. The van der Waals surface area contributed by atoms with E-state index in [-0.39, 0.29) is 47.8 Å². The Morgan fingerprint density at radius 1 is 1.06 bits per heavy atom. The zero-order chi connectivity index (χ0) is 33.3. The maximum atomic E-state index is 14.1. The van der Waals surface area contributed by atoms with Gasteiger partial charge in [-0.3, -0.25) is 15.0 Å². The van der Waals surface area contributed by atoms with Gasteiger partial charge in [0.15, 0.2) is 22.2 Å².